The highest BCUT2D eigenvalue weighted by atomic mass is 16.2. The van der Waals surface area contributed by atoms with Crippen molar-refractivity contribution in [2.45, 2.75) is 39.5 Å². The fourth-order valence-corrected chi connectivity index (χ4v) is 3.61. The van der Waals surface area contributed by atoms with Gasteiger partial charge in [-0.3, -0.25) is 4.79 Å². The molecule has 0 spiro atoms. The standard InChI is InChI=1S/C23H32N4O/c1-16(2)19-7-6-8-20(17(3)4)22(19)25-18-9-10-21(24-15-18)23(28)27-13-11-26(5)12-14-27/h6-10,15-17,25H,11-14H2,1-5H3. The first-order valence-corrected chi connectivity index (χ1v) is 10.2. The van der Waals surface area contributed by atoms with Crippen molar-refractivity contribution in [2.75, 3.05) is 38.5 Å². The number of pyridine rings is 1. The van der Waals surface area contributed by atoms with E-state index < -0.39 is 0 Å². The second-order valence-electron chi connectivity index (χ2n) is 8.27. The Balaban J connectivity index is 1.79. The third-order valence-electron chi connectivity index (χ3n) is 5.42. The monoisotopic (exact) mass is 380 g/mol. The molecule has 1 saturated heterocycles. The van der Waals surface area contributed by atoms with E-state index in [4.69, 9.17) is 0 Å². The Morgan fingerprint density at radius 1 is 0.964 bits per heavy atom. The molecule has 0 bridgehead atoms. The summed E-state index contributed by atoms with van der Waals surface area (Å²) in [6, 6.07) is 10.3. The fraction of sp³-hybridized carbons (Fsp3) is 0.478. The lowest BCUT2D eigenvalue weighted by molar-refractivity contribution is 0.0658. The zero-order chi connectivity index (χ0) is 20.3. The summed E-state index contributed by atoms with van der Waals surface area (Å²) < 4.78 is 0. The Hall–Kier alpha value is -2.40. The van der Waals surface area contributed by atoms with Crippen LogP contribution in [0.4, 0.5) is 11.4 Å². The van der Waals surface area contributed by atoms with E-state index in [9.17, 15) is 4.79 Å². The molecule has 150 valence electrons. The molecule has 1 N–H and O–H groups in total. The van der Waals surface area contributed by atoms with Crippen molar-refractivity contribution in [3.05, 3.63) is 53.3 Å². The molecule has 1 aromatic heterocycles. The average Bonchev–Trinajstić information content (AvgIpc) is 2.68. The molecule has 28 heavy (non-hydrogen) atoms. The van der Waals surface area contributed by atoms with Gasteiger partial charge in [-0.15, -0.1) is 0 Å². The minimum absolute atomic E-state index is 0.0186. The number of likely N-dealkylation sites (N-methyl/N-ethyl adjacent to an activating group) is 1. The van der Waals surface area contributed by atoms with E-state index in [1.165, 1.54) is 11.1 Å². The van der Waals surface area contributed by atoms with Crippen LogP contribution in [0.1, 0.15) is 61.1 Å². The number of carbonyl (C=O) groups is 1. The van der Waals surface area contributed by atoms with Gasteiger partial charge in [-0.05, 0) is 42.1 Å². The minimum atomic E-state index is 0.0186. The van der Waals surface area contributed by atoms with Crippen molar-refractivity contribution in [1.82, 2.24) is 14.8 Å². The largest absolute Gasteiger partial charge is 0.354 e. The number of benzene rings is 1. The predicted molar refractivity (Wildman–Crippen MR) is 116 cm³/mol. The first kappa shape index (κ1) is 20.3. The van der Waals surface area contributed by atoms with E-state index >= 15 is 0 Å². The molecule has 2 heterocycles. The lowest BCUT2D eigenvalue weighted by Crippen LogP contribution is -2.47. The quantitative estimate of drug-likeness (QED) is 0.832. The Morgan fingerprint density at radius 3 is 2.07 bits per heavy atom. The van der Waals surface area contributed by atoms with Gasteiger partial charge in [-0.25, -0.2) is 4.98 Å². The van der Waals surface area contributed by atoms with Crippen LogP contribution in [0.2, 0.25) is 0 Å². The molecular weight excluding hydrogens is 348 g/mol. The molecule has 1 fully saturated rings. The van der Waals surface area contributed by atoms with Crippen molar-refractivity contribution in [3.8, 4) is 0 Å². The molecule has 1 aliphatic heterocycles. The fourth-order valence-electron chi connectivity index (χ4n) is 3.61. The minimum Gasteiger partial charge on any atom is -0.354 e. The number of amides is 1. The number of rotatable bonds is 5. The summed E-state index contributed by atoms with van der Waals surface area (Å²) in [4.78, 5) is 21.3. The predicted octanol–water partition coefficient (Wildman–Crippen LogP) is 4.46. The van der Waals surface area contributed by atoms with Crippen LogP contribution >= 0.6 is 0 Å². The van der Waals surface area contributed by atoms with Crippen LogP contribution in [0.25, 0.3) is 0 Å². The van der Waals surface area contributed by atoms with Gasteiger partial charge in [0.25, 0.3) is 5.91 Å². The molecule has 1 aliphatic rings. The maximum Gasteiger partial charge on any atom is 0.272 e. The number of aromatic nitrogens is 1. The first-order valence-electron chi connectivity index (χ1n) is 10.2. The molecule has 0 atom stereocenters. The van der Waals surface area contributed by atoms with Crippen LogP contribution in [-0.2, 0) is 0 Å². The second-order valence-corrected chi connectivity index (χ2v) is 8.27. The van der Waals surface area contributed by atoms with Gasteiger partial charge in [0.2, 0.25) is 0 Å². The molecule has 5 heteroatoms. The van der Waals surface area contributed by atoms with Gasteiger partial charge in [0.1, 0.15) is 5.69 Å². The van der Waals surface area contributed by atoms with Crippen molar-refractivity contribution in [2.24, 2.45) is 0 Å². The van der Waals surface area contributed by atoms with Gasteiger partial charge < -0.3 is 15.1 Å². The molecule has 0 saturated carbocycles. The number of hydrogen-bond donors (Lipinski definition) is 1. The first-order chi connectivity index (χ1) is 13.4. The summed E-state index contributed by atoms with van der Waals surface area (Å²) >= 11 is 0. The summed E-state index contributed by atoms with van der Waals surface area (Å²) in [6.07, 6.45) is 1.77. The number of nitrogens with one attached hydrogen (secondary N) is 1. The summed E-state index contributed by atoms with van der Waals surface area (Å²) in [5, 5.41) is 3.56. The number of piperazine rings is 1. The van der Waals surface area contributed by atoms with Crippen molar-refractivity contribution in [3.63, 3.8) is 0 Å². The molecule has 1 aromatic carbocycles. The molecule has 3 rings (SSSR count). The van der Waals surface area contributed by atoms with Gasteiger partial charge >= 0.3 is 0 Å². The zero-order valence-electron chi connectivity index (χ0n) is 17.7. The van der Waals surface area contributed by atoms with E-state index in [1.807, 2.05) is 17.0 Å². The van der Waals surface area contributed by atoms with E-state index in [2.05, 4.69) is 68.1 Å². The van der Waals surface area contributed by atoms with Crippen LogP contribution in [-0.4, -0.2) is 53.9 Å². The van der Waals surface area contributed by atoms with E-state index in [0.717, 1.165) is 37.6 Å². The maximum absolute atomic E-state index is 12.7. The van der Waals surface area contributed by atoms with Crippen molar-refractivity contribution < 1.29 is 4.79 Å². The average molecular weight is 381 g/mol. The Labute approximate surface area is 168 Å². The Bertz CT molecular complexity index is 780. The number of para-hydroxylation sites is 1. The molecule has 1 amide bonds. The molecule has 0 aliphatic carbocycles. The number of carbonyl (C=O) groups excluding carboxylic acids is 1. The van der Waals surface area contributed by atoms with Crippen LogP contribution < -0.4 is 5.32 Å². The molecule has 2 aromatic rings. The highest BCUT2D eigenvalue weighted by Gasteiger charge is 2.21. The van der Waals surface area contributed by atoms with Gasteiger partial charge in [-0.1, -0.05) is 45.9 Å². The highest BCUT2D eigenvalue weighted by Crippen LogP contribution is 2.34. The van der Waals surface area contributed by atoms with Gasteiger partial charge in [0, 0.05) is 31.9 Å². The molecule has 5 nitrogen and oxygen atoms in total. The van der Waals surface area contributed by atoms with Crippen LogP contribution in [0.5, 0.6) is 0 Å². The van der Waals surface area contributed by atoms with E-state index in [0.29, 0.717) is 17.5 Å². The smallest absolute Gasteiger partial charge is 0.272 e. The summed E-state index contributed by atoms with van der Waals surface area (Å²) in [5.74, 6) is 0.865. The van der Waals surface area contributed by atoms with Gasteiger partial charge in [0.15, 0.2) is 0 Å². The summed E-state index contributed by atoms with van der Waals surface area (Å²) in [5.41, 5.74) is 5.17. The van der Waals surface area contributed by atoms with Gasteiger partial charge in [0.05, 0.1) is 11.9 Å². The molecule has 0 unspecified atom stereocenters. The topological polar surface area (TPSA) is 48.5 Å². The van der Waals surface area contributed by atoms with Crippen molar-refractivity contribution in [1.29, 1.82) is 0 Å². The maximum atomic E-state index is 12.7. The summed E-state index contributed by atoms with van der Waals surface area (Å²) in [6.45, 7) is 12.2. The second kappa shape index (κ2) is 8.74. The van der Waals surface area contributed by atoms with Crippen LogP contribution in [0.15, 0.2) is 36.5 Å². The van der Waals surface area contributed by atoms with Gasteiger partial charge in [-0.2, -0.15) is 0 Å². The number of anilines is 2. The third-order valence-corrected chi connectivity index (χ3v) is 5.42. The number of hydrogen-bond acceptors (Lipinski definition) is 4. The normalized spacial score (nSPS) is 15.3. The van der Waals surface area contributed by atoms with Crippen molar-refractivity contribution >= 4 is 17.3 Å². The summed E-state index contributed by atoms with van der Waals surface area (Å²) in [7, 11) is 2.08. The molecule has 0 radical (unpaired) electrons. The third kappa shape index (κ3) is 4.53. The lowest BCUT2D eigenvalue weighted by Gasteiger charge is -2.32. The van der Waals surface area contributed by atoms with Crippen LogP contribution in [0.3, 0.4) is 0 Å². The SMILES string of the molecule is CC(C)c1cccc(C(C)C)c1Nc1ccc(C(=O)N2CCN(C)CC2)nc1. The van der Waals surface area contributed by atoms with E-state index in [-0.39, 0.29) is 5.91 Å². The molecular formula is C23H32N4O. The zero-order valence-corrected chi connectivity index (χ0v) is 17.7. The lowest BCUT2D eigenvalue weighted by atomic mass is 9.92. The Morgan fingerprint density at radius 2 is 1.57 bits per heavy atom. The van der Waals surface area contributed by atoms with E-state index in [1.54, 1.807) is 6.20 Å². The van der Waals surface area contributed by atoms with Crippen LogP contribution in [0, 0.1) is 0 Å². The number of nitrogens with zero attached hydrogens (tertiary/aromatic N) is 3. The highest BCUT2D eigenvalue weighted by molar-refractivity contribution is 5.92. The Kier molecular flexibility index (Phi) is 6.35.